The maximum Gasteiger partial charge on any atom is 0.262 e. The average molecular weight is 539 g/mol. The van der Waals surface area contributed by atoms with Gasteiger partial charge in [0.15, 0.2) is 0 Å². The number of halogens is 2. The number of anilines is 1. The molecule has 5 heteroatoms. The Morgan fingerprint density at radius 3 is 2.45 bits per heavy atom. The molecular weight excluding hydrogens is 518 g/mol. The molecule has 1 aliphatic rings. The van der Waals surface area contributed by atoms with Crippen LogP contribution in [-0.2, 0) is 4.79 Å². The summed E-state index contributed by atoms with van der Waals surface area (Å²) in [5.41, 5.74) is 5.32. The lowest BCUT2D eigenvalue weighted by Crippen LogP contribution is -2.25. The van der Waals surface area contributed by atoms with Gasteiger partial charge in [0.2, 0.25) is 0 Å². The van der Waals surface area contributed by atoms with Crippen LogP contribution >= 0.6 is 31.9 Å². The summed E-state index contributed by atoms with van der Waals surface area (Å²) >= 11 is 7.07. The molecular formula is C26H21Br2NO2. The van der Waals surface area contributed by atoms with Crippen LogP contribution in [0.3, 0.4) is 0 Å². The predicted octanol–water partition coefficient (Wildman–Crippen LogP) is 7.39. The van der Waals surface area contributed by atoms with Crippen molar-refractivity contribution in [3.8, 4) is 5.75 Å². The van der Waals surface area contributed by atoms with Gasteiger partial charge < -0.3 is 4.74 Å². The standard InChI is InChI=1S/C26H21Br2NO2/c1-3-31-25-12-9-18(15-22(25)28)14-20-16-24(19-7-5-4-6-8-19)29(26(20)30)23-11-10-21(27)13-17(23)2/h4-16H,3H2,1-2H3/b20-14+. The molecule has 31 heavy (non-hydrogen) atoms. The molecule has 3 nitrogen and oxygen atoms in total. The Balaban J connectivity index is 1.79. The van der Waals surface area contributed by atoms with Gasteiger partial charge in [-0.2, -0.15) is 0 Å². The second kappa shape index (κ2) is 9.25. The highest BCUT2D eigenvalue weighted by atomic mass is 79.9. The Kier molecular flexibility index (Phi) is 6.44. The third-order valence-corrected chi connectivity index (χ3v) is 6.14. The van der Waals surface area contributed by atoms with Gasteiger partial charge in [-0.3, -0.25) is 9.69 Å². The van der Waals surface area contributed by atoms with Crippen molar-refractivity contribution in [3.05, 3.63) is 104 Å². The molecule has 0 aliphatic carbocycles. The molecule has 0 spiro atoms. The molecule has 0 radical (unpaired) electrons. The number of hydrogen-bond donors (Lipinski definition) is 0. The monoisotopic (exact) mass is 537 g/mol. The largest absolute Gasteiger partial charge is 0.493 e. The van der Waals surface area contributed by atoms with E-state index in [-0.39, 0.29) is 5.91 Å². The first-order valence-electron chi connectivity index (χ1n) is 9.99. The van der Waals surface area contributed by atoms with Gasteiger partial charge >= 0.3 is 0 Å². The minimum atomic E-state index is -0.0470. The van der Waals surface area contributed by atoms with E-state index >= 15 is 0 Å². The third kappa shape index (κ3) is 4.53. The van der Waals surface area contributed by atoms with Crippen LogP contribution in [0, 0.1) is 6.92 Å². The highest BCUT2D eigenvalue weighted by Crippen LogP contribution is 2.38. The lowest BCUT2D eigenvalue weighted by Gasteiger charge is -2.23. The second-order valence-electron chi connectivity index (χ2n) is 7.19. The topological polar surface area (TPSA) is 29.5 Å². The Morgan fingerprint density at radius 1 is 1.00 bits per heavy atom. The highest BCUT2D eigenvalue weighted by molar-refractivity contribution is 9.10. The SMILES string of the molecule is CCOc1ccc(/C=C2\C=C(c3ccccc3)N(c3ccc(Br)cc3C)C2=O)cc1Br. The number of benzene rings is 3. The number of ether oxygens (including phenoxy) is 1. The van der Waals surface area contributed by atoms with Crippen LogP contribution in [0.4, 0.5) is 5.69 Å². The zero-order valence-electron chi connectivity index (χ0n) is 17.2. The molecule has 0 unspecified atom stereocenters. The van der Waals surface area contributed by atoms with Crippen molar-refractivity contribution in [1.82, 2.24) is 0 Å². The number of nitrogens with zero attached hydrogens (tertiary/aromatic N) is 1. The fraction of sp³-hybridized carbons (Fsp3) is 0.115. The Hall–Kier alpha value is -2.63. The third-order valence-electron chi connectivity index (χ3n) is 5.03. The van der Waals surface area contributed by atoms with Crippen LogP contribution in [0.25, 0.3) is 11.8 Å². The van der Waals surface area contributed by atoms with E-state index in [1.165, 1.54) is 0 Å². The quantitative estimate of drug-likeness (QED) is 0.317. The maximum atomic E-state index is 13.5. The summed E-state index contributed by atoms with van der Waals surface area (Å²) in [5.74, 6) is 0.740. The first-order valence-corrected chi connectivity index (χ1v) is 11.6. The summed E-state index contributed by atoms with van der Waals surface area (Å²) in [6, 6.07) is 21.8. The number of amides is 1. The molecule has 0 atom stereocenters. The fourth-order valence-corrected chi connectivity index (χ4v) is 4.59. The molecule has 0 fully saturated rings. The van der Waals surface area contributed by atoms with Crippen LogP contribution in [0.1, 0.15) is 23.6 Å². The van der Waals surface area contributed by atoms with E-state index in [0.29, 0.717) is 12.2 Å². The first-order chi connectivity index (χ1) is 15.0. The summed E-state index contributed by atoms with van der Waals surface area (Å²) in [6.07, 6.45) is 3.88. The lowest BCUT2D eigenvalue weighted by molar-refractivity contribution is -0.113. The van der Waals surface area contributed by atoms with Crippen LogP contribution < -0.4 is 9.64 Å². The van der Waals surface area contributed by atoms with Crippen molar-refractivity contribution < 1.29 is 9.53 Å². The lowest BCUT2D eigenvalue weighted by atomic mass is 10.1. The number of carbonyl (C=O) groups is 1. The van der Waals surface area contributed by atoms with Crippen molar-refractivity contribution in [3.63, 3.8) is 0 Å². The second-order valence-corrected chi connectivity index (χ2v) is 8.96. The van der Waals surface area contributed by atoms with E-state index in [0.717, 1.165) is 42.8 Å². The van der Waals surface area contributed by atoms with Gasteiger partial charge in [-0.1, -0.05) is 52.3 Å². The summed E-state index contributed by atoms with van der Waals surface area (Å²) in [4.78, 5) is 15.3. The average Bonchev–Trinajstić information content (AvgIpc) is 3.07. The van der Waals surface area contributed by atoms with Gasteiger partial charge in [0.05, 0.1) is 22.5 Å². The smallest absolute Gasteiger partial charge is 0.262 e. The van der Waals surface area contributed by atoms with E-state index in [9.17, 15) is 4.79 Å². The molecule has 0 N–H and O–H groups in total. The van der Waals surface area contributed by atoms with E-state index in [1.807, 2.05) is 92.7 Å². The van der Waals surface area contributed by atoms with Crippen molar-refractivity contribution in [2.45, 2.75) is 13.8 Å². The van der Waals surface area contributed by atoms with Crippen molar-refractivity contribution >= 4 is 55.2 Å². The van der Waals surface area contributed by atoms with Gasteiger partial charge in [-0.25, -0.2) is 0 Å². The molecule has 156 valence electrons. The van der Waals surface area contributed by atoms with E-state index in [2.05, 4.69) is 31.9 Å². The Bertz CT molecular complexity index is 1200. The molecule has 0 aromatic heterocycles. The van der Waals surface area contributed by atoms with Crippen LogP contribution in [0.2, 0.25) is 0 Å². The van der Waals surface area contributed by atoms with Gasteiger partial charge in [0, 0.05) is 10.0 Å². The first kappa shape index (κ1) is 21.6. The zero-order chi connectivity index (χ0) is 22.0. The predicted molar refractivity (Wildman–Crippen MR) is 134 cm³/mol. The molecule has 4 rings (SSSR count). The van der Waals surface area contributed by atoms with Crippen LogP contribution in [-0.4, -0.2) is 12.5 Å². The molecule has 3 aromatic rings. The molecule has 3 aromatic carbocycles. The molecule has 1 heterocycles. The maximum absolute atomic E-state index is 13.5. The van der Waals surface area contributed by atoms with Gasteiger partial charge in [0.25, 0.3) is 5.91 Å². The Labute approximate surface area is 199 Å². The van der Waals surface area contributed by atoms with Crippen molar-refractivity contribution in [1.29, 1.82) is 0 Å². The van der Waals surface area contributed by atoms with Crippen molar-refractivity contribution in [2.24, 2.45) is 0 Å². The summed E-state index contributed by atoms with van der Waals surface area (Å²) in [7, 11) is 0. The van der Waals surface area contributed by atoms with Crippen LogP contribution in [0.5, 0.6) is 5.75 Å². The summed E-state index contributed by atoms with van der Waals surface area (Å²) in [5, 5.41) is 0. The molecule has 0 saturated heterocycles. The van der Waals surface area contributed by atoms with Crippen LogP contribution in [0.15, 0.2) is 87.3 Å². The van der Waals surface area contributed by atoms with Gasteiger partial charge in [0.1, 0.15) is 5.75 Å². The minimum absolute atomic E-state index is 0.0470. The minimum Gasteiger partial charge on any atom is -0.493 e. The fourth-order valence-electron chi connectivity index (χ4n) is 3.60. The van der Waals surface area contributed by atoms with E-state index in [4.69, 9.17) is 4.74 Å². The molecule has 1 aliphatic heterocycles. The molecule has 0 bridgehead atoms. The summed E-state index contributed by atoms with van der Waals surface area (Å²) < 4.78 is 7.45. The van der Waals surface area contributed by atoms with E-state index < -0.39 is 0 Å². The zero-order valence-corrected chi connectivity index (χ0v) is 20.4. The highest BCUT2D eigenvalue weighted by Gasteiger charge is 2.31. The van der Waals surface area contributed by atoms with Crippen molar-refractivity contribution in [2.75, 3.05) is 11.5 Å². The Morgan fingerprint density at radius 2 is 1.77 bits per heavy atom. The summed E-state index contributed by atoms with van der Waals surface area (Å²) in [6.45, 7) is 4.57. The molecule has 1 amide bonds. The number of aryl methyl sites for hydroxylation is 1. The van der Waals surface area contributed by atoms with Gasteiger partial charge in [-0.15, -0.1) is 0 Å². The number of rotatable bonds is 5. The van der Waals surface area contributed by atoms with Gasteiger partial charge in [-0.05, 0) is 89.0 Å². The normalized spacial score (nSPS) is 14.8. The molecule has 0 saturated carbocycles. The number of carbonyl (C=O) groups excluding carboxylic acids is 1. The van der Waals surface area contributed by atoms with E-state index in [1.54, 1.807) is 4.90 Å². The number of hydrogen-bond acceptors (Lipinski definition) is 2.